The van der Waals surface area contributed by atoms with Crippen LogP contribution in [0, 0.1) is 0 Å². The molecule has 10 heteroatoms. The zero-order chi connectivity index (χ0) is 28.6. The zero-order valence-electron chi connectivity index (χ0n) is 24.1. The van der Waals surface area contributed by atoms with Crippen LogP contribution >= 0.6 is 11.6 Å². The molecule has 2 heterocycles. The monoisotopic (exact) mass is 680 g/mol. The van der Waals surface area contributed by atoms with Crippen LogP contribution in [-0.4, -0.2) is 63.0 Å². The molecule has 0 aliphatic carbocycles. The van der Waals surface area contributed by atoms with Gasteiger partial charge in [0.2, 0.25) is 0 Å². The van der Waals surface area contributed by atoms with Crippen molar-refractivity contribution < 1.29 is 23.5 Å². The Balaban J connectivity index is 1.84. The molecule has 39 heavy (non-hydrogen) atoms. The predicted molar refractivity (Wildman–Crippen MR) is 161 cm³/mol. The van der Waals surface area contributed by atoms with E-state index in [9.17, 15) is 9.59 Å². The number of amides is 1. The summed E-state index contributed by atoms with van der Waals surface area (Å²) in [6.45, 7) is 6.66. The van der Waals surface area contributed by atoms with Crippen molar-refractivity contribution in [1.29, 1.82) is 0 Å². The number of nitrogens with zero attached hydrogens (tertiary/aromatic N) is 1. The molecule has 7 nitrogen and oxygen atoms in total. The SMILES string of the molecule is CC[Si](CC)(CC)O[C@@]12C[C@@H](C(=O)OC)N(C(=O)OCc3ccccc3)[C@@H]1Nc1cc(Cl)[c]([Sn]([CH3])([CH3])[CH3])cc12. The number of likely N-dealkylation sites (tertiary alicyclic amines) is 1. The van der Waals surface area contributed by atoms with Crippen LogP contribution in [0.5, 0.6) is 0 Å². The number of hydrogen-bond acceptors (Lipinski definition) is 6. The van der Waals surface area contributed by atoms with Gasteiger partial charge in [0.1, 0.15) is 0 Å². The summed E-state index contributed by atoms with van der Waals surface area (Å²) in [7, 11) is -0.865. The van der Waals surface area contributed by atoms with Gasteiger partial charge in [-0.1, -0.05) is 6.07 Å². The van der Waals surface area contributed by atoms with Crippen LogP contribution in [0.2, 0.25) is 38.0 Å². The summed E-state index contributed by atoms with van der Waals surface area (Å²) >= 11 is 4.19. The van der Waals surface area contributed by atoms with Gasteiger partial charge in [-0.05, 0) is 0 Å². The number of rotatable bonds is 9. The molecule has 1 N–H and O–H groups in total. The van der Waals surface area contributed by atoms with Crippen LogP contribution in [-0.2, 0) is 30.9 Å². The number of ether oxygens (including phenoxy) is 2. The number of halogens is 1. The number of anilines is 1. The van der Waals surface area contributed by atoms with Gasteiger partial charge in [-0.25, -0.2) is 0 Å². The summed E-state index contributed by atoms with van der Waals surface area (Å²) in [6, 6.07) is 15.6. The predicted octanol–water partition coefficient (Wildman–Crippen LogP) is 6.44. The number of fused-ring (bicyclic) bond motifs is 3. The van der Waals surface area contributed by atoms with Gasteiger partial charge < -0.3 is 0 Å². The Kier molecular flexibility index (Phi) is 9.00. The molecule has 0 aromatic heterocycles. The third-order valence-electron chi connectivity index (χ3n) is 8.44. The molecule has 1 amide bonds. The van der Waals surface area contributed by atoms with Crippen molar-refractivity contribution in [3.63, 3.8) is 0 Å². The Morgan fingerprint density at radius 2 is 1.74 bits per heavy atom. The summed E-state index contributed by atoms with van der Waals surface area (Å²) in [5.41, 5.74) is 1.79. The standard InChI is InChI=1S/C26H32ClN2O5Si.3CH3.Sn/c1-5-35(6-2,7-3)34-26-16-22(23(30)32-4)29(25(31)33-17-18-11-9-8-10-12-18)24(26)28-21-15-19(27)13-14-20(21)26;;;;/h8-12,14-15,22,24,28H,5-7,16-17H2,1-4H3;3*1H3;/t22-,24-,26+;;;;/m0..../s1. The molecule has 2 aliphatic rings. The minimum atomic E-state index is -2.64. The summed E-state index contributed by atoms with van der Waals surface area (Å²) < 4.78 is 19.5. The van der Waals surface area contributed by atoms with Crippen molar-refractivity contribution in [2.24, 2.45) is 0 Å². The second-order valence-electron chi connectivity index (χ2n) is 11.6. The molecule has 0 unspecified atom stereocenters. The van der Waals surface area contributed by atoms with Crippen LogP contribution in [0.1, 0.15) is 38.3 Å². The number of carbonyl (C=O) groups is 2. The van der Waals surface area contributed by atoms with Crippen molar-refractivity contribution in [3.8, 4) is 0 Å². The Morgan fingerprint density at radius 3 is 2.31 bits per heavy atom. The Hall–Kier alpha value is -1.75. The zero-order valence-corrected chi connectivity index (χ0v) is 28.7. The Bertz CT molecular complexity index is 1210. The molecule has 4 rings (SSSR count). The first kappa shape index (κ1) is 30.2. The number of carbonyl (C=O) groups excluding carboxylic acids is 2. The fraction of sp³-hybridized carbons (Fsp3) is 0.517. The molecule has 1 saturated heterocycles. The van der Waals surface area contributed by atoms with Crippen molar-refractivity contribution in [2.75, 3.05) is 12.4 Å². The van der Waals surface area contributed by atoms with E-state index in [2.05, 4.69) is 47.0 Å². The van der Waals surface area contributed by atoms with Crippen molar-refractivity contribution in [1.82, 2.24) is 4.90 Å². The maximum absolute atomic E-state index is 13.7. The van der Waals surface area contributed by atoms with Gasteiger partial charge in [0.15, 0.2) is 0 Å². The van der Waals surface area contributed by atoms with Crippen molar-refractivity contribution >= 4 is 59.6 Å². The third kappa shape index (κ3) is 5.58. The van der Waals surface area contributed by atoms with E-state index in [1.807, 2.05) is 36.4 Å². The summed E-state index contributed by atoms with van der Waals surface area (Å²) in [5, 5.41) is 4.29. The van der Waals surface area contributed by atoms with E-state index in [4.69, 9.17) is 25.5 Å². The summed E-state index contributed by atoms with van der Waals surface area (Å²) in [5.74, 6) is -0.478. The van der Waals surface area contributed by atoms with Gasteiger partial charge in [-0.15, -0.1) is 0 Å². The maximum atomic E-state index is 13.7. The van der Waals surface area contributed by atoms with Crippen LogP contribution in [0.25, 0.3) is 0 Å². The molecular formula is C29H41ClN2O5SiSn. The van der Waals surface area contributed by atoms with Gasteiger partial charge in [0.25, 0.3) is 0 Å². The Labute approximate surface area is 242 Å². The molecule has 0 spiro atoms. The molecule has 2 aliphatic heterocycles. The van der Waals surface area contributed by atoms with E-state index >= 15 is 0 Å². The van der Waals surface area contributed by atoms with E-state index in [1.54, 1.807) is 0 Å². The molecule has 3 atom stereocenters. The second-order valence-corrected chi connectivity index (χ2v) is 31.1. The molecule has 0 saturated carbocycles. The first-order valence-electron chi connectivity index (χ1n) is 13.8. The molecule has 2 aromatic rings. The van der Waals surface area contributed by atoms with E-state index < -0.39 is 56.6 Å². The summed E-state index contributed by atoms with van der Waals surface area (Å²) in [4.78, 5) is 35.4. The number of benzene rings is 2. The van der Waals surface area contributed by atoms with Crippen LogP contribution in [0.15, 0.2) is 42.5 Å². The van der Waals surface area contributed by atoms with Crippen LogP contribution in [0.3, 0.4) is 0 Å². The number of methoxy groups -OCH3 is 1. The van der Waals surface area contributed by atoms with E-state index in [0.29, 0.717) is 6.42 Å². The third-order valence-corrected chi connectivity index (χ3v) is 19.7. The number of esters is 1. The average Bonchev–Trinajstić information content (AvgIpc) is 3.39. The van der Waals surface area contributed by atoms with Crippen molar-refractivity contribution in [2.45, 2.75) is 84.6 Å². The molecule has 212 valence electrons. The number of hydrogen-bond donors (Lipinski definition) is 1. The molecule has 1 fully saturated rings. The Morgan fingerprint density at radius 1 is 1.10 bits per heavy atom. The van der Waals surface area contributed by atoms with E-state index in [1.165, 1.54) is 15.6 Å². The normalized spacial score (nSPS) is 22.2. The first-order valence-corrected chi connectivity index (χ1v) is 26.7. The van der Waals surface area contributed by atoms with Crippen molar-refractivity contribution in [3.05, 3.63) is 58.6 Å². The molecule has 0 bridgehead atoms. The number of nitrogens with one attached hydrogen (secondary N) is 1. The average molecular weight is 680 g/mol. The van der Waals surface area contributed by atoms with E-state index in [0.717, 1.165) is 40.0 Å². The fourth-order valence-corrected chi connectivity index (χ4v) is 14.9. The van der Waals surface area contributed by atoms with Crippen LogP contribution in [0.4, 0.5) is 10.5 Å². The molecule has 0 radical (unpaired) electrons. The van der Waals surface area contributed by atoms with Gasteiger partial charge in [0.05, 0.1) is 0 Å². The topological polar surface area (TPSA) is 77.1 Å². The van der Waals surface area contributed by atoms with E-state index in [-0.39, 0.29) is 6.61 Å². The second kappa shape index (κ2) is 11.6. The van der Waals surface area contributed by atoms with Gasteiger partial charge in [-0.3, -0.25) is 0 Å². The minimum absolute atomic E-state index is 0.101. The molecule has 2 aromatic carbocycles. The van der Waals surface area contributed by atoms with Crippen LogP contribution < -0.4 is 8.90 Å². The van der Waals surface area contributed by atoms with Gasteiger partial charge in [0, 0.05) is 0 Å². The quantitative estimate of drug-likeness (QED) is 0.243. The summed E-state index contributed by atoms with van der Waals surface area (Å²) in [6.07, 6.45) is -0.915. The first-order chi connectivity index (χ1) is 18.4. The fourth-order valence-electron chi connectivity index (χ4n) is 5.97. The van der Waals surface area contributed by atoms with Gasteiger partial charge >= 0.3 is 238 Å². The van der Waals surface area contributed by atoms with Gasteiger partial charge in [-0.2, -0.15) is 0 Å². The molecular weight excluding hydrogens is 639 g/mol.